The van der Waals surface area contributed by atoms with Crippen LogP contribution in [0.1, 0.15) is 6.42 Å². The minimum atomic E-state index is -1.08. The van der Waals surface area contributed by atoms with Crippen molar-refractivity contribution in [3.05, 3.63) is 12.2 Å². The first-order valence-electron chi connectivity index (χ1n) is 7.67. The Morgan fingerprint density at radius 3 is 2.61 bits per heavy atom. The molecule has 0 radical (unpaired) electrons. The molecule has 8 nitrogen and oxygen atoms in total. The zero-order valence-electron chi connectivity index (χ0n) is 11.9. The summed E-state index contributed by atoms with van der Waals surface area (Å²) in [5.41, 5.74) is 0. The molecule has 4 bridgehead atoms. The molecule has 0 aliphatic carbocycles. The second-order valence-electron chi connectivity index (χ2n) is 6.62. The number of hydrogen-bond acceptors (Lipinski definition) is 7. The van der Waals surface area contributed by atoms with Gasteiger partial charge < -0.3 is 24.1 Å². The maximum atomic E-state index is 12.5. The molecule has 8 heteroatoms. The van der Waals surface area contributed by atoms with E-state index in [9.17, 15) is 19.5 Å². The minimum Gasteiger partial charge on any atom is -0.481 e. The second kappa shape index (κ2) is 4.33. The van der Waals surface area contributed by atoms with E-state index in [1.165, 1.54) is 0 Å². The molecule has 122 valence electrons. The predicted molar refractivity (Wildman–Crippen MR) is 68.9 cm³/mol. The van der Waals surface area contributed by atoms with Crippen molar-refractivity contribution in [2.45, 2.75) is 43.0 Å². The number of rotatable bonds is 3. The first-order valence-corrected chi connectivity index (χ1v) is 7.67. The summed E-state index contributed by atoms with van der Waals surface area (Å²) < 4.78 is 21.9. The fraction of sp³-hybridized carbons (Fsp3) is 0.667. The number of carboxylic acid groups (broad SMARTS) is 1. The Kier molecular flexibility index (Phi) is 2.54. The van der Waals surface area contributed by atoms with Gasteiger partial charge in [0.05, 0.1) is 24.2 Å². The topological polar surface area (TPSA) is 108 Å². The Hall–Kier alpha value is -1.93. The number of hydrogen-bond donors (Lipinski definition) is 1. The number of esters is 2. The highest BCUT2D eigenvalue weighted by atomic mass is 16.7. The highest BCUT2D eigenvalue weighted by molar-refractivity contribution is 5.84. The third-order valence-electron chi connectivity index (χ3n) is 5.49. The Labute approximate surface area is 130 Å². The van der Waals surface area contributed by atoms with Crippen LogP contribution in [0.3, 0.4) is 0 Å². The Morgan fingerprint density at radius 1 is 1.13 bits per heavy atom. The van der Waals surface area contributed by atoms with Gasteiger partial charge >= 0.3 is 17.9 Å². The number of carboxylic acids is 1. The molecular weight excluding hydrogens is 308 g/mol. The van der Waals surface area contributed by atoms with Crippen LogP contribution in [0.4, 0.5) is 0 Å². The van der Waals surface area contributed by atoms with Gasteiger partial charge in [-0.15, -0.1) is 0 Å². The standard InChI is InChI=1S/C15H14O8/c16-13(17)8-5-1-2-6(20-5)9(8)15(19)22-11-7-3-4-10(21-7)12(11)23-14(4)18/h1-2,4-12H,3H2,(H,16,17). The monoisotopic (exact) mass is 322 g/mol. The molecule has 9 atom stereocenters. The summed E-state index contributed by atoms with van der Waals surface area (Å²) >= 11 is 0. The molecule has 5 heterocycles. The van der Waals surface area contributed by atoms with Crippen molar-refractivity contribution in [1.29, 1.82) is 0 Å². The molecule has 4 saturated heterocycles. The number of fused-ring (bicyclic) bond motifs is 3. The number of ether oxygens (including phenoxy) is 4. The molecule has 0 aromatic rings. The zero-order chi connectivity index (χ0) is 15.9. The summed E-state index contributed by atoms with van der Waals surface area (Å²) in [5.74, 6) is -4.11. The van der Waals surface area contributed by atoms with E-state index in [0.29, 0.717) is 6.42 Å². The van der Waals surface area contributed by atoms with Gasteiger partial charge in [-0.3, -0.25) is 14.4 Å². The fourth-order valence-corrected chi connectivity index (χ4v) is 4.48. The van der Waals surface area contributed by atoms with E-state index < -0.39 is 48.2 Å². The van der Waals surface area contributed by atoms with Crippen molar-refractivity contribution in [1.82, 2.24) is 0 Å². The first kappa shape index (κ1) is 13.5. The largest absolute Gasteiger partial charge is 0.481 e. The maximum absolute atomic E-state index is 12.5. The summed E-state index contributed by atoms with van der Waals surface area (Å²) in [6.07, 6.45) is 0.720. The molecule has 4 fully saturated rings. The van der Waals surface area contributed by atoms with E-state index in [2.05, 4.69) is 0 Å². The lowest BCUT2D eigenvalue weighted by molar-refractivity contribution is -0.168. The van der Waals surface area contributed by atoms with Crippen molar-refractivity contribution < 1.29 is 38.4 Å². The number of aliphatic carboxylic acids is 1. The molecule has 0 spiro atoms. The number of carbonyl (C=O) groups excluding carboxylic acids is 2. The van der Waals surface area contributed by atoms with Crippen molar-refractivity contribution >= 4 is 17.9 Å². The van der Waals surface area contributed by atoms with Crippen LogP contribution in [0.2, 0.25) is 0 Å². The van der Waals surface area contributed by atoms with Crippen LogP contribution >= 0.6 is 0 Å². The van der Waals surface area contributed by atoms with Gasteiger partial charge in [0.15, 0.2) is 12.2 Å². The van der Waals surface area contributed by atoms with Crippen molar-refractivity contribution in [3.8, 4) is 0 Å². The molecule has 0 saturated carbocycles. The maximum Gasteiger partial charge on any atom is 0.313 e. The highest BCUT2D eigenvalue weighted by Gasteiger charge is 2.65. The molecule has 1 N–H and O–H groups in total. The second-order valence-corrected chi connectivity index (χ2v) is 6.62. The summed E-state index contributed by atoms with van der Waals surface area (Å²) in [4.78, 5) is 35.6. The SMILES string of the molecule is O=C1OC2C(OC(=O)C3C4C=CC(O4)C3C(=O)O)C3CC1C2O3. The first-order chi connectivity index (χ1) is 11.0. The lowest BCUT2D eigenvalue weighted by atomic mass is 9.83. The molecule has 5 aliphatic heterocycles. The lowest BCUT2D eigenvalue weighted by Crippen LogP contribution is -2.44. The van der Waals surface area contributed by atoms with Gasteiger partial charge in [0, 0.05) is 0 Å². The summed E-state index contributed by atoms with van der Waals surface area (Å²) in [6, 6.07) is 0. The van der Waals surface area contributed by atoms with E-state index in [1.54, 1.807) is 12.2 Å². The van der Waals surface area contributed by atoms with Gasteiger partial charge in [-0.25, -0.2) is 0 Å². The quantitative estimate of drug-likeness (QED) is 0.535. The van der Waals surface area contributed by atoms with E-state index in [1.807, 2.05) is 0 Å². The van der Waals surface area contributed by atoms with Crippen LogP contribution < -0.4 is 0 Å². The van der Waals surface area contributed by atoms with Gasteiger partial charge in [-0.05, 0) is 6.42 Å². The average Bonchev–Trinajstić information content (AvgIpc) is 3.27. The van der Waals surface area contributed by atoms with Gasteiger partial charge in [0.1, 0.15) is 17.9 Å². The smallest absolute Gasteiger partial charge is 0.313 e. The van der Waals surface area contributed by atoms with E-state index in [4.69, 9.17) is 18.9 Å². The van der Waals surface area contributed by atoms with E-state index in [-0.39, 0.29) is 24.1 Å². The van der Waals surface area contributed by atoms with E-state index in [0.717, 1.165) is 0 Å². The van der Waals surface area contributed by atoms with Crippen molar-refractivity contribution in [2.24, 2.45) is 17.8 Å². The molecule has 5 rings (SSSR count). The minimum absolute atomic E-state index is 0.263. The van der Waals surface area contributed by atoms with Crippen molar-refractivity contribution in [2.75, 3.05) is 0 Å². The van der Waals surface area contributed by atoms with Crippen LogP contribution in [0.15, 0.2) is 12.2 Å². The zero-order valence-corrected chi connectivity index (χ0v) is 11.9. The van der Waals surface area contributed by atoms with Crippen LogP contribution in [-0.4, -0.2) is 59.6 Å². The molecule has 9 unspecified atom stereocenters. The van der Waals surface area contributed by atoms with Crippen LogP contribution in [0.5, 0.6) is 0 Å². The summed E-state index contributed by atoms with van der Waals surface area (Å²) in [6.45, 7) is 0. The van der Waals surface area contributed by atoms with Crippen molar-refractivity contribution in [3.63, 3.8) is 0 Å². The third-order valence-corrected chi connectivity index (χ3v) is 5.49. The van der Waals surface area contributed by atoms with Gasteiger partial charge in [-0.1, -0.05) is 12.2 Å². The third kappa shape index (κ3) is 1.65. The number of carbonyl (C=O) groups is 3. The highest BCUT2D eigenvalue weighted by Crippen LogP contribution is 2.48. The van der Waals surface area contributed by atoms with Crippen LogP contribution in [0.25, 0.3) is 0 Å². The fourth-order valence-electron chi connectivity index (χ4n) is 4.48. The summed E-state index contributed by atoms with van der Waals surface area (Å²) in [5, 5.41) is 9.34. The van der Waals surface area contributed by atoms with E-state index >= 15 is 0 Å². The molecule has 0 amide bonds. The Bertz CT molecular complexity index is 641. The molecule has 0 aromatic carbocycles. The average molecular weight is 322 g/mol. The summed E-state index contributed by atoms with van der Waals surface area (Å²) in [7, 11) is 0. The van der Waals surface area contributed by atoms with Gasteiger partial charge in [0.25, 0.3) is 0 Å². The Morgan fingerprint density at radius 2 is 1.87 bits per heavy atom. The van der Waals surface area contributed by atoms with Crippen LogP contribution in [0, 0.1) is 17.8 Å². The van der Waals surface area contributed by atoms with Gasteiger partial charge in [-0.2, -0.15) is 0 Å². The predicted octanol–water partition coefficient (Wildman–Crippen LogP) is -0.735. The Balaban J connectivity index is 1.36. The molecule has 23 heavy (non-hydrogen) atoms. The lowest BCUT2D eigenvalue weighted by Gasteiger charge is -2.26. The van der Waals surface area contributed by atoms with Crippen LogP contribution in [-0.2, 0) is 33.3 Å². The van der Waals surface area contributed by atoms with Gasteiger partial charge in [0.2, 0.25) is 0 Å². The molecule has 5 aliphatic rings. The normalized spacial score (nSPS) is 51.3. The molecule has 0 aromatic heterocycles. The molecular formula is C15H14O8.